The highest BCUT2D eigenvalue weighted by atomic mass is 35.5. The van der Waals surface area contributed by atoms with Crippen LogP contribution in [0.25, 0.3) is 0 Å². The standard InChI is InChI=1S/C12H12ClFO2/c1-7(5-8(2)15)12(16)9-3-4-11(14)10(13)6-9/h3-4,6-7H,5H2,1-2H3. The highest BCUT2D eigenvalue weighted by molar-refractivity contribution is 6.31. The highest BCUT2D eigenvalue weighted by Crippen LogP contribution is 2.19. The summed E-state index contributed by atoms with van der Waals surface area (Å²) in [4.78, 5) is 22.7. The number of benzene rings is 1. The summed E-state index contributed by atoms with van der Waals surface area (Å²) >= 11 is 5.57. The van der Waals surface area contributed by atoms with Crippen molar-refractivity contribution >= 4 is 23.2 Å². The molecule has 0 saturated carbocycles. The van der Waals surface area contributed by atoms with Crippen molar-refractivity contribution in [3.05, 3.63) is 34.6 Å². The zero-order valence-corrected chi connectivity index (χ0v) is 9.84. The van der Waals surface area contributed by atoms with Gasteiger partial charge in [-0.3, -0.25) is 4.79 Å². The third kappa shape index (κ3) is 3.14. The molecule has 0 saturated heterocycles. The second kappa shape index (κ2) is 5.21. The van der Waals surface area contributed by atoms with Crippen molar-refractivity contribution in [1.29, 1.82) is 0 Å². The van der Waals surface area contributed by atoms with Crippen LogP contribution in [0.2, 0.25) is 5.02 Å². The summed E-state index contributed by atoms with van der Waals surface area (Å²) in [5, 5.41) is -0.0825. The first-order valence-corrected chi connectivity index (χ1v) is 5.28. The van der Waals surface area contributed by atoms with Gasteiger partial charge >= 0.3 is 0 Å². The summed E-state index contributed by atoms with van der Waals surface area (Å²) in [6, 6.07) is 3.81. The lowest BCUT2D eigenvalue weighted by Crippen LogP contribution is -2.14. The van der Waals surface area contributed by atoms with Crippen LogP contribution in [0.3, 0.4) is 0 Å². The van der Waals surface area contributed by atoms with Crippen molar-refractivity contribution in [2.24, 2.45) is 5.92 Å². The highest BCUT2D eigenvalue weighted by Gasteiger charge is 2.17. The Morgan fingerprint density at radius 1 is 1.44 bits per heavy atom. The summed E-state index contributed by atoms with van der Waals surface area (Å²) in [6.07, 6.45) is 0.188. The molecule has 16 heavy (non-hydrogen) atoms. The van der Waals surface area contributed by atoms with Crippen LogP contribution >= 0.6 is 11.6 Å². The Bertz CT molecular complexity index is 429. The lowest BCUT2D eigenvalue weighted by Gasteiger charge is -2.08. The maximum atomic E-state index is 12.9. The average molecular weight is 243 g/mol. The van der Waals surface area contributed by atoms with E-state index in [4.69, 9.17) is 11.6 Å². The first-order valence-electron chi connectivity index (χ1n) is 4.90. The lowest BCUT2D eigenvalue weighted by atomic mass is 9.95. The van der Waals surface area contributed by atoms with Gasteiger partial charge in [-0.25, -0.2) is 4.39 Å². The van der Waals surface area contributed by atoms with E-state index in [1.165, 1.54) is 19.1 Å². The molecule has 0 spiro atoms. The van der Waals surface area contributed by atoms with E-state index < -0.39 is 11.7 Å². The number of carbonyl (C=O) groups excluding carboxylic acids is 2. The molecule has 2 nitrogen and oxygen atoms in total. The van der Waals surface area contributed by atoms with Gasteiger partial charge in [-0.05, 0) is 25.1 Å². The summed E-state index contributed by atoms with van der Waals surface area (Å²) in [7, 11) is 0. The van der Waals surface area contributed by atoms with Crippen LogP contribution in [0.4, 0.5) is 4.39 Å². The van der Waals surface area contributed by atoms with Gasteiger partial charge < -0.3 is 4.79 Å². The van der Waals surface area contributed by atoms with E-state index in [0.29, 0.717) is 5.56 Å². The van der Waals surface area contributed by atoms with Crippen molar-refractivity contribution in [2.75, 3.05) is 0 Å². The molecule has 0 bridgehead atoms. The van der Waals surface area contributed by atoms with E-state index in [2.05, 4.69) is 0 Å². The van der Waals surface area contributed by atoms with E-state index in [9.17, 15) is 14.0 Å². The van der Waals surface area contributed by atoms with E-state index in [1.807, 2.05) is 0 Å². The topological polar surface area (TPSA) is 34.1 Å². The number of hydrogen-bond acceptors (Lipinski definition) is 2. The maximum absolute atomic E-state index is 12.9. The zero-order valence-electron chi connectivity index (χ0n) is 9.09. The number of halogens is 2. The summed E-state index contributed by atoms with van der Waals surface area (Å²) in [5.41, 5.74) is 0.333. The largest absolute Gasteiger partial charge is 0.300 e. The van der Waals surface area contributed by atoms with Gasteiger partial charge in [0, 0.05) is 17.9 Å². The van der Waals surface area contributed by atoms with Gasteiger partial charge in [0.2, 0.25) is 0 Å². The Balaban J connectivity index is 2.88. The molecule has 0 amide bonds. The van der Waals surface area contributed by atoms with Crippen LogP contribution in [0.1, 0.15) is 30.6 Å². The number of rotatable bonds is 4. The molecule has 0 aliphatic rings. The maximum Gasteiger partial charge on any atom is 0.166 e. The second-order valence-electron chi connectivity index (χ2n) is 3.80. The molecule has 0 aromatic heterocycles. The summed E-state index contributed by atoms with van der Waals surface area (Å²) in [5.74, 6) is -1.21. The SMILES string of the molecule is CC(=O)CC(C)C(=O)c1ccc(F)c(Cl)c1. The molecule has 0 aliphatic carbocycles. The van der Waals surface area contributed by atoms with Crippen molar-refractivity contribution < 1.29 is 14.0 Å². The van der Waals surface area contributed by atoms with Crippen molar-refractivity contribution in [3.8, 4) is 0 Å². The predicted octanol–water partition coefficient (Wildman–Crippen LogP) is 3.28. The second-order valence-corrected chi connectivity index (χ2v) is 4.21. The van der Waals surface area contributed by atoms with Gasteiger partial charge in [0.25, 0.3) is 0 Å². The molecule has 1 unspecified atom stereocenters. The predicted molar refractivity (Wildman–Crippen MR) is 60.2 cm³/mol. The smallest absolute Gasteiger partial charge is 0.166 e. The summed E-state index contributed by atoms with van der Waals surface area (Å²) < 4.78 is 12.9. The van der Waals surface area contributed by atoms with Gasteiger partial charge in [0.05, 0.1) is 5.02 Å². The fourth-order valence-corrected chi connectivity index (χ4v) is 1.64. The zero-order chi connectivity index (χ0) is 12.3. The Kier molecular flexibility index (Phi) is 4.19. The monoisotopic (exact) mass is 242 g/mol. The molecule has 1 aromatic carbocycles. The Labute approximate surface area is 98.4 Å². The normalized spacial score (nSPS) is 12.2. The van der Waals surface area contributed by atoms with Crippen molar-refractivity contribution in [3.63, 3.8) is 0 Å². The molecule has 0 fully saturated rings. The Morgan fingerprint density at radius 3 is 2.56 bits per heavy atom. The van der Waals surface area contributed by atoms with E-state index in [1.54, 1.807) is 6.92 Å². The Hall–Kier alpha value is -1.22. The van der Waals surface area contributed by atoms with Crippen LogP contribution in [-0.2, 0) is 4.79 Å². The first kappa shape index (κ1) is 12.8. The van der Waals surface area contributed by atoms with Crippen molar-refractivity contribution in [2.45, 2.75) is 20.3 Å². The van der Waals surface area contributed by atoms with Gasteiger partial charge in [0.15, 0.2) is 5.78 Å². The van der Waals surface area contributed by atoms with Crippen LogP contribution in [0, 0.1) is 11.7 Å². The van der Waals surface area contributed by atoms with Crippen LogP contribution in [0.5, 0.6) is 0 Å². The van der Waals surface area contributed by atoms with Gasteiger partial charge in [-0.15, -0.1) is 0 Å². The molecular weight excluding hydrogens is 231 g/mol. The fourth-order valence-electron chi connectivity index (χ4n) is 1.46. The van der Waals surface area contributed by atoms with Gasteiger partial charge in [-0.2, -0.15) is 0 Å². The van der Waals surface area contributed by atoms with Crippen LogP contribution in [-0.4, -0.2) is 11.6 Å². The molecule has 1 atom stereocenters. The molecule has 4 heteroatoms. The molecule has 0 aliphatic heterocycles. The number of carbonyl (C=O) groups is 2. The third-order valence-electron chi connectivity index (χ3n) is 2.25. The quantitative estimate of drug-likeness (QED) is 0.760. The Morgan fingerprint density at radius 2 is 2.06 bits per heavy atom. The molecule has 1 rings (SSSR count). The molecular formula is C12H12ClFO2. The molecule has 0 N–H and O–H groups in total. The molecule has 86 valence electrons. The van der Waals surface area contributed by atoms with Crippen LogP contribution < -0.4 is 0 Å². The van der Waals surface area contributed by atoms with Crippen molar-refractivity contribution in [1.82, 2.24) is 0 Å². The van der Waals surface area contributed by atoms with Crippen LogP contribution in [0.15, 0.2) is 18.2 Å². The average Bonchev–Trinajstić information content (AvgIpc) is 2.20. The first-order chi connectivity index (χ1) is 7.41. The lowest BCUT2D eigenvalue weighted by molar-refractivity contribution is -0.117. The number of hydrogen-bond donors (Lipinski definition) is 0. The third-order valence-corrected chi connectivity index (χ3v) is 2.53. The minimum absolute atomic E-state index is 0.0472. The van der Waals surface area contributed by atoms with E-state index in [0.717, 1.165) is 6.07 Å². The van der Waals surface area contributed by atoms with E-state index in [-0.39, 0.29) is 23.0 Å². The molecule has 0 radical (unpaired) electrons. The minimum atomic E-state index is -0.558. The fraction of sp³-hybridized carbons (Fsp3) is 0.333. The molecule has 0 heterocycles. The van der Waals surface area contributed by atoms with Gasteiger partial charge in [0.1, 0.15) is 11.6 Å². The molecule has 1 aromatic rings. The van der Waals surface area contributed by atoms with Gasteiger partial charge in [-0.1, -0.05) is 18.5 Å². The summed E-state index contributed by atoms with van der Waals surface area (Å²) in [6.45, 7) is 3.10. The minimum Gasteiger partial charge on any atom is -0.300 e. The van der Waals surface area contributed by atoms with E-state index >= 15 is 0 Å². The number of Topliss-reactive ketones (excluding diaryl/α,β-unsaturated/α-hetero) is 2. The number of ketones is 2.